The average Bonchev–Trinajstić information content (AvgIpc) is 2.82. The minimum absolute atomic E-state index is 0.0988. The second-order valence-corrected chi connectivity index (χ2v) is 7.05. The maximum Gasteiger partial charge on any atom is 0.124 e. The van der Waals surface area contributed by atoms with Crippen molar-refractivity contribution in [1.82, 2.24) is 0 Å². The normalized spacial score (nSPS) is 11.4. The van der Waals surface area contributed by atoms with Gasteiger partial charge in [0, 0.05) is 23.6 Å². The van der Waals surface area contributed by atoms with Crippen LogP contribution in [0.25, 0.3) is 10.8 Å². The lowest BCUT2D eigenvalue weighted by Crippen LogP contribution is -1.88. The predicted octanol–water partition coefficient (Wildman–Crippen LogP) is 5.77. The Morgan fingerprint density at radius 1 is 0.625 bits per heavy atom. The number of fused-ring (bicyclic) bond motifs is 1. The van der Waals surface area contributed by atoms with Crippen molar-refractivity contribution >= 4 is 34.6 Å². The summed E-state index contributed by atoms with van der Waals surface area (Å²) >= 11 is 0. The van der Waals surface area contributed by atoms with Crippen LogP contribution in [0.2, 0.25) is 0 Å². The molecule has 0 atom stereocenters. The third kappa shape index (κ3) is 4.54. The number of aromatic hydroxyl groups is 2. The molecule has 0 unspecified atom stereocenters. The average molecular weight is 426 g/mol. The summed E-state index contributed by atoms with van der Waals surface area (Å²) in [6.45, 7) is 0. The highest BCUT2D eigenvalue weighted by molar-refractivity contribution is 5.95. The van der Waals surface area contributed by atoms with E-state index < -0.39 is 0 Å². The summed E-state index contributed by atoms with van der Waals surface area (Å²) in [5, 5.41) is 22.4. The van der Waals surface area contributed by atoms with Gasteiger partial charge in [0.2, 0.25) is 0 Å². The molecular formula is C26H22N2O4. The fourth-order valence-corrected chi connectivity index (χ4v) is 3.23. The quantitative estimate of drug-likeness (QED) is 0.384. The van der Waals surface area contributed by atoms with Gasteiger partial charge in [-0.1, -0.05) is 24.3 Å². The van der Waals surface area contributed by atoms with Crippen molar-refractivity contribution in [1.29, 1.82) is 0 Å². The van der Waals surface area contributed by atoms with E-state index in [1.165, 1.54) is 0 Å². The Kier molecular flexibility index (Phi) is 6.03. The highest BCUT2D eigenvalue weighted by Crippen LogP contribution is 2.34. The molecule has 0 aromatic heterocycles. The van der Waals surface area contributed by atoms with Crippen molar-refractivity contribution < 1.29 is 19.7 Å². The molecular weight excluding hydrogens is 404 g/mol. The molecule has 0 fully saturated rings. The van der Waals surface area contributed by atoms with E-state index in [2.05, 4.69) is 9.98 Å². The molecule has 6 nitrogen and oxygen atoms in total. The van der Waals surface area contributed by atoms with E-state index in [9.17, 15) is 10.2 Å². The highest BCUT2D eigenvalue weighted by atomic mass is 16.5. The molecule has 4 aromatic rings. The van der Waals surface area contributed by atoms with Crippen molar-refractivity contribution in [2.45, 2.75) is 0 Å². The zero-order valence-corrected chi connectivity index (χ0v) is 17.7. The Labute approximate surface area is 185 Å². The van der Waals surface area contributed by atoms with Crippen LogP contribution < -0.4 is 9.47 Å². The molecule has 4 rings (SSSR count). The van der Waals surface area contributed by atoms with Crippen LogP contribution in [0.1, 0.15) is 11.1 Å². The van der Waals surface area contributed by atoms with Gasteiger partial charge >= 0.3 is 0 Å². The summed E-state index contributed by atoms with van der Waals surface area (Å²) < 4.78 is 10.5. The molecule has 0 aliphatic rings. The number of phenolic OH excluding ortho intramolecular Hbond substituents is 2. The molecule has 0 aliphatic carbocycles. The summed E-state index contributed by atoms with van der Waals surface area (Å²) in [5.74, 6) is 1.44. The Morgan fingerprint density at radius 3 is 1.47 bits per heavy atom. The molecule has 0 heterocycles. The number of aliphatic imine (C=N–C) groups is 2. The first-order chi connectivity index (χ1) is 15.6. The Hall–Kier alpha value is -4.32. The van der Waals surface area contributed by atoms with E-state index in [4.69, 9.17) is 9.47 Å². The van der Waals surface area contributed by atoms with Crippen LogP contribution in [0.4, 0.5) is 11.4 Å². The second-order valence-electron chi connectivity index (χ2n) is 7.05. The molecule has 32 heavy (non-hydrogen) atoms. The van der Waals surface area contributed by atoms with Crippen LogP contribution in [0, 0.1) is 0 Å². The Balaban J connectivity index is 1.78. The van der Waals surface area contributed by atoms with E-state index in [1.54, 1.807) is 63.0 Å². The molecule has 0 bridgehead atoms. The maximum absolute atomic E-state index is 10.2. The molecule has 0 spiro atoms. The van der Waals surface area contributed by atoms with Gasteiger partial charge in [0.1, 0.15) is 23.0 Å². The third-order valence-corrected chi connectivity index (χ3v) is 5.00. The fourth-order valence-electron chi connectivity index (χ4n) is 3.23. The number of phenols is 2. The van der Waals surface area contributed by atoms with Gasteiger partial charge in [-0.05, 0) is 59.3 Å². The van der Waals surface area contributed by atoms with Crippen LogP contribution in [0.3, 0.4) is 0 Å². The first kappa shape index (κ1) is 20.9. The van der Waals surface area contributed by atoms with Gasteiger partial charge in [-0.3, -0.25) is 9.98 Å². The first-order valence-electron chi connectivity index (χ1n) is 9.92. The lowest BCUT2D eigenvalue weighted by Gasteiger charge is -2.07. The van der Waals surface area contributed by atoms with Crippen molar-refractivity contribution in [2.24, 2.45) is 9.98 Å². The van der Waals surface area contributed by atoms with E-state index in [1.807, 2.05) is 36.4 Å². The molecule has 0 amide bonds. The maximum atomic E-state index is 10.2. The second kappa shape index (κ2) is 9.22. The van der Waals surface area contributed by atoms with Crippen LogP contribution in [0.5, 0.6) is 23.0 Å². The van der Waals surface area contributed by atoms with E-state index in [0.29, 0.717) is 34.0 Å². The van der Waals surface area contributed by atoms with Crippen LogP contribution in [-0.2, 0) is 0 Å². The monoisotopic (exact) mass is 426 g/mol. The van der Waals surface area contributed by atoms with Gasteiger partial charge in [-0.15, -0.1) is 0 Å². The van der Waals surface area contributed by atoms with Gasteiger partial charge in [-0.2, -0.15) is 0 Å². The zero-order valence-electron chi connectivity index (χ0n) is 17.7. The summed E-state index contributed by atoms with van der Waals surface area (Å²) in [6.07, 6.45) is 3.15. The van der Waals surface area contributed by atoms with Crippen molar-refractivity contribution in [3.63, 3.8) is 0 Å². The highest BCUT2D eigenvalue weighted by Gasteiger charge is 2.06. The summed E-state index contributed by atoms with van der Waals surface area (Å²) in [4.78, 5) is 9.18. The van der Waals surface area contributed by atoms with Crippen molar-refractivity contribution in [2.75, 3.05) is 14.2 Å². The number of hydrogen-bond donors (Lipinski definition) is 2. The summed E-state index contributed by atoms with van der Waals surface area (Å²) in [7, 11) is 3.13. The first-order valence-corrected chi connectivity index (χ1v) is 9.92. The molecule has 0 radical (unpaired) electrons. The molecule has 6 heteroatoms. The smallest absolute Gasteiger partial charge is 0.124 e. The van der Waals surface area contributed by atoms with E-state index >= 15 is 0 Å². The fraction of sp³-hybridized carbons (Fsp3) is 0.0769. The molecule has 0 aliphatic heterocycles. The number of benzene rings is 4. The van der Waals surface area contributed by atoms with Gasteiger partial charge in [0.05, 0.1) is 25.6 Å². The van der Waals surface area contributed by atoms with E-state index in [-0.39, 0.29) is 11.5 Å². The lowest BCUT2D eigenvalue weighted by molar-refractivity contribution is 0.412. The summed E-state index contributed by atoms with van der Waals surface area (Å²) in [5.41, 5.74) is 2.28. The van der Waals surface area contributed by atoms with Gasteiger partial charge in [0.15, 0.2) is 0 Å². The van der Waals surface area contributed by atoms with Crippen LogP contribution in [0.15, 0.2) is 82.8 Å². The lowest BCUT2D eigenvalue weighted by atomic mass is 10.1. The largest absolute Gasteiger partial charge is 0.507 e. The molecule has 2 N–H and O–H groups in total. The standard InChI is InChI=1S/C26H22N2O4/c1-31-21-7-9-25(29)19(11-21)15-27-23-13-17-5-3-4-6-18(17)14-24(23)28-16-20-12-22(32-2)8-10-26(20)30/h3-16,29-30H,1-2H3. The van der Waals surface area contributed by atoms with E-state index in [0.717, 1.165) is 10.8 Å². The Bertz CT molecular complexity index is 1230. The molecule has 0 saturated heterocycles. The number of hydrogen-bond acceptors (Lipinski definition) is 6. The molecule has 0 saturated carbocycles. The summed E-state index contributed by atoms with van der Waals surface area (Å²) in [6, 6.07) is 21.7. The Morgan fingerprint density at radius 2 is 1.06 bits per heavy atom. The number of nitrogens with zero attached hydrogens (tertiary/aromatic N) is 2. The van der Waals surface area contributed by atoms with Crippen molar-refractivity contribution in [3.8, 4) is 23.0 Å². The minimum Gasteiger partial charge on any atom is -0.507 e. The minimum atomic E-state index is 0.0988. The number of rotatable bonds is 6. The van der Waals surface area contributed by atoms with Crippen molar-refractivity contribution in [3.05, 3.63) is 83.9 Å². The predicted molar refractivity (Wildman–Crippen MR) is 128 cm³/mol. The molecule has 4 aromatic carbocycles. The number of ether oxygens (including phenoxy) is 2. The van der Waals surface area contributed by atoms with Gasteiger partial charge in [-0.25, -0.2) is 0 Å². The third-order valence-electron chi connectivity index (χ3n) is 5.00. The topological polar surface area (TPSA) is 83.6 Å². The number of methoxy groups -OCH3 is 2. The zero-order chi connectivity index (χ0) is 22.5. The SMILES string of the molecule is COc1ccc(O)c(C=Nc2cc3ccccc3cc2N=Cc2cc(OC)ccc2O)c1. The van der Waals surface area contributed by atoms with Gasteiger partial charge < -0.3 is 19.7 Å². The van der Waals surface area contributed by atoms with Gasteiger partial charge in [0.25, 0.3) is 0 Å². The van der Waals surface area contributed by atoms with Crippen LogP contribution in [-0.4, -0.2) is 36.9 Å². The van der Waals surface area contributed by atoms with Crippen LogP contribution >= 0.6 is 0 Å². The molecule has 160 valence electrons.